The number of aliphatic hydroxyl groups excluding tert-OH is 2. The predicted octanol–water partition coefficient (Wildman–Crippen LogP) is -1.36. The van der Waals surface area contributed by atoms with Crippen LogP contribution in [0.15, 0.2) is 29.7 Å². The summed E-state index contributed by atoms with van der Waals surface area (Å²) >= 11 is 0. The van der Waals surface area contributed by atoms with Crippen molar-refractivity contribution in [3.05, 3.63) is 24.7 Å². The van der Waals surface area contributed by atoms with Gasteiger partial charge in [-0.2, -0.15) is 0 Å². The monoisotopic (exact) mass is 267 g/mol. The molecule has 0 spiro atoms. The van der Waals surface area contributed by atoms with Gasteiger partial charge >= 0.3 is 0 Å². The summed E-state index contributed by atoms with van der Waals surface area (Å²) in [5.74, 6) is 0.602. The summed E-state index contributed by atoms with van der Waals surface area (Å²) in [5, 5.41) is 28.4. The number of ether oxygens (including phenoxy) is 1. The molecule has 0 aromatic carbocycles. The first kappa shape index (κ1) is 13.5. The molecule has 2 rings (SSSR count). The van der Waals surface area contributed by atoms with Gasteiger partial charge in [0.05, 0.1) is 12.7 Å². The van der Waals surface area contributed by atoms with Crippen molar-refractivity contribution in [3.63, 3.8) is 0 Å². The quantitative estimate of drug-likeness (QED) is 0.310. The van der Waals surface area contributed by atoms with Gasteiger partial charge in [-0.1, -0.05) is 6.58 Å². The number of nitrogens with zero attached hydrogens (tertiary/aromatic N) is 2. The third-order valence-corrected chi connectivity index (χ3v) is 2.90. The van der Waals surface area contributed by atoms with Crippen molar-refractivity contribution >= 4 is 11.8 Å². The van der Waals surface area contributed by atoms with E-state index in [2.05, 4.69) is 16.9 Å². The van der Waals surface area contributed by atoms with E-state index in [1.165, 1.54) is 0 Å². The molecule has 104 valence electrons. The fourth-order valence-corrected chi connectivity index (χ4v) is 1.99. The highest BCUT2D eigenvalue weighted by atomic mass is 16.5. The van der Waals surface area contributed by atoms with Crippen LogP contribution in [0.25, 0.3) is 0 Å². The number of hydrogen-bond donors (Lipinski definition) is 5. The number of rotatable bonds is 2. The summed E-state index contributed by atoms with van der Waals surface area (Å²) in [4.78, 5) is 5.79. The van der Waals surface area contributed by atoms with E-state index in [4.69, 9.17) is 21.0 Å². The lowest BCUT2D eigenvalue weighted by Gasteiger charge is -2.29. The van der Waals surface area contributed by atoms with E-state index in [-0.39, 0.29) is 12.6 Å². The smallest absolute Gasteiger partial charge is 0.191 e. The van der Waals surface area contributed by atoms with Gasteiger partial charge in [0.1, 0.15) is 24.0 Å². The van der Waals surface area contributed by atoms with Crippen molar-refractivity contribution < 1.29 is 14.9 Å². The SMILES string of the molecule is C=C1N=C(NC(=N)N)C=CN1[C@H]1C[C@@H](O)[C@@H](CO)O1. The van der Waals surface area contributed by atoms with Crippen LogP contribution >= 0.6 is 0 Å². The van der Waals surface area contributed by atoms with Gasteiger partial charge in [-0.3, -0.25) is 5.41 Å². The molecule has 0 aromatic heterocycles. The summed E-state index contributed by atoms with van der Waals surface area (Å²) in [7, 11) is 0. The zero-order valence-corrected chi connectivity index (χ0v) is 10.3. The van der Waals surface area contributed by atoms with Gasteiger partial charge in [0.2, 0.25) is 0 Å². The number of hydrogen-bond acceptors (Lipinski definition) is 6. The van der Waals surface area contributed by atoms with Crippen LogP contribution < -0.4 is 11.1 Å². The van der Waals surface area contributed by atoms with E-state index in [0.717, 1.165) is 0 Å². The Balaban J connectivity index is 2.02. The Bertz CT molecular complexity index is 448. The number of nitrogens with two attached hydrogens (primary N) is 1. The van der Waals surface area contributed by atoms with E-state index in [0.29, 0.717) is 18.1 Å². The first-order valence-electron chi connectivity index (χ1n) is 5.81. The molecule has 2 aliphatic heterocycles. The lowest BCUT2D eigenvalue weighted by Crippen LogP contribution is -2.38. The fourth-order valence-electron chi connectivity index (χ4n) is 1.99. The Hall–Kier alpha value is -1.90. The molecular weight excluding hydrogens is 250 g/mol. The number of amidine groups is 1. The van der Waals surface area contributed by atoms with Gasteiger partial charge in [-0.25, -0.2) is 4.99 Å². The summed E-state index contributed by atoms with van der Waals surface area (Å²) < 4.78 is 5.51. The van der Waals surface area contributed by atoms with Crippen molar-refractivity contribution in [1.29, 1.82) is 5.41 Å². The second-order valence-electron chi connectivity index (χ2n) is 4.29. The molecular formula is C11H17N5O3. The Labute approximate surface area is 110 Å². The Morgan fingerprint density at radius 3 is 3.00 bits per heavy atom. The van der Waals surface area contributed by atoms with Crippen molar-refractivity contribution in [1.82, 2.24) is 10.2 Å². The summed E-state index contributed by atoms with van der Waals surface area (Å²) in [6.45, 7) is 3.55. The van der Waals surface area contributed by atoms with Gasteiger partial charge in [-0.15, -0.1) is 0 Å². The largest absolute Gasteiger partial charge is 0.394 e. The Morgan fingerprint density at radius 2 is 2.47 bits per heavy atom. The molecule has 6 N–H and O–H groups in total. The zero-order valence-electron chi connectivity index (χ0n) is 10.3. The second-order valence-corrected chi connectivity index (χ2v) is 4.29. The molecule has 2 heterocycles. The molecule has 19 heavy (non-hydrogen) atoms. The van der Waals surface area contributed by atoms with Crippen molar-refractivity contribution in [2.45, 2.75) is 24.9 Å². The maximum Gasteiger partial charge on any atom is 0.191 e. The minimum Gasteiger partial charge on any atom is -0.394 e. The molecule has 0 amide bonds. The summed E-state index contributed by atoms with van der Waals surface area (Å²) in [5.41, 5.74) is 5.21. The molecule has 0 bridgehead atoms. The number of nitrogens with one attached hydrogen (secondary N) is 2. The maximum absolute atomic E-state index is 9.69. The molecule has 0 unspecified atom stereocenters. The van der Waals surface area contributed by atoms with E-state index < -0.39 is 18.4 Å². The van der Waals surface area contributed by atoms with Crippen LogP contribution in [0.3, 0.4) is 0 Å². The van der Waals surface area contributed by atoms with Gasteiger partial charge in [0.15, 0.2) is 5.96 Å². The van der Waals surface area contributed by atoms with Crippen LogP contribution in [-0.4, -0.2) is 52.0 Å². The van der Waals surface area contributed by atoms with Gasteiger partial charge < -0.3 is 30.9 Å². The van der Waals surface area contributed by atoms with Crippen molar-refractivity contribution in [3.8, 4) is 0 Å². The zero-order chi connectivity index (χ0) is 14.0. The first-order chi connectivity index (χ1) is 9.01. The number of aliphatic hydroxyl groups is 2. The molecule has 1 fully saturated rings. The molecule has 3 atom stereocenters. The standard InChI is InChI=1S/C11H17N5O3/c1-6-14-9(15-11(12)13)2-3-16(6)10-4-7(18)8(5-17)19-10/h2-3,7-8,10,17-18H,1,4-5H2,(H4,12,13,14,15)/t7-,8-,10-/m1/s1. The van der Waals surface area contributed by atoms with Crippen LogP contribution in [0.4, 0.5) is 0 Å². The molecule has 2 aliphatic rings. The van der Waals surface area contributed by atoms with Crippen molar-refractivity contribution in [2.75, 3.05) is 6.61 Å². The lowest BCUT2D eigenvalue weighted by molar-refractivity contribution is -0.0562. The van der Waals surface area contributed by atoms with Crippen LogP contribution in [-0.2, 0) is 4.74 Å². The Kier molecular flexibility index (Phi) is 3.84. The molecule has 8 nitrogen and oxygen atoms in total. The summed E-state index contributed by atoms with van der Waals surface area (Å²) in [6.07, 6.45) is 1.94. The third kappa shape index (κ3) is 2.92. The lowest BCUT2D eigenvalue weighted by atomic mass is 10.2. The molecule has 8 heteroatoms. The van der Waals surface area contributed by atoms with Crippen molar-refractivity contribution in [2.24, 2.45) is 10.7 Å². The average Bonchev–Trinajstić information content (AvgIpc) is 2.69. The Morgan fingerprint density at radius 1 is 1.74 bits per heavy atom. The van der Waals surface area contributed by atoms with E-state index >= 15 is 0 Å². The van der Waals surface area contributed by atoms with Crippen LogP contribution in [0.1, 0.15) is 6.42 Å². The van der Waals surface area contributed by atoms with Crippen LogP contribution in [0.5, 0.6) is 0 Å². The minimum atomic E-state index is -0.711. The van der Waals surface area contributed by atoms with E-state index in [1.54, 1.807) is 17.2 Å². The highest BCUT2D eigenvalue weighted by Crippen LogP contribution is 2.27. The average molecular weight is 267 g/mol. The first-order valence-corrected chi connectivity index (χ1v) is 5.81. The van der Waals surface area contributed by atoms with E-state index in [1.807, 2.05) is 0 Å². The summed E-state index contributed by atoms with van der Waals surface area (Å²) in [6, 6.07) is 0. The van der Waals surface area contributed by atoms with Crippen LogP contribution in [0, 0.1) is 5.41 Å². The number of guanidine groups is 1. The van der Waals surface area contributed by atoms with Gasteiger partial charge in [-0.05, 0) is 6.08 Å². The number of aliphatic imine (C=N–C) groups is 1. The van der Waals surface area contributed by atoms with Gasteiger partial charge in [0, 0.05) is 12.6 Å². The van der Waals surface area contributed by atoms with E-state index in [9.17, 15) is 5.11 Å². The fraction of sp³-hybridized carbons (Fsp3) is 0.455. The molecule has 0 radical (unpaired) electrons. The highest BCUT2D eigenvalue weighted by Gasteiger charge is 2.37. The second kappa shape index (κ2) is 5.39. The topological polar surface area (TPSA) is 127 Å². The third-order valence-electron chi connectivity index (χ3n) is 2.90. The highest BCUT2D eigenvalue weighted by molar-refractivity contribution is 6.04. The molecule has 0 saturated carbocycles. The normalized spacial score (nSPS) is 30.4. The maximum atomic E-state index is 9.69. The van der Waals surface area contributed by atoms with Crippen LogP contribution in [0.2, 0.25) is 0 Å². The predicted molar refractivity (Wildman–Crippen MR) is 69.0 cm³/mol. The molecule has 0 aliphatic carbocycles. The molecule has 0 aromatic rings. The van der Waals surface area contributed by atoms with Gasteiger partial charge in [0.25, 0.3) is 0 Å². The minimum absolute atomic E-state index is 0.211. The molecule has 1 saturated heterocycles.